The Labute approximate surface area is 208 Å². The van der Waals surface area contributed by atoms with E-state index in [1.165, 1.54) is 5.56 Å². The quantitative estimate of drug-likeness (QED) is 0.398. The second-order valence-electron chi connectivity index (χ2n) is 8.07. The molecule has 6 nitrogen and oxygen atoms in total. The van der Waals surface area contributed by atoms with Crippen molar-refractivity contribution < 1.29 is 9.32 Å². The molecule has 1 atom stereocenters. The first-order chi connectivity index (χ1) is 16.1. The summed E-state index contributed by atoms with van der Waals surface area (Å²) in [5.74, 6) is 2.96. The molecule has 2 heterocycles. The maximum atomic E-state index is 12.7. The van der Waals surface area contributed by atoms with E-state index in [4.69, 9.17) is 27.7 Å². The van der Waals surface area contributed by atoms with Gasteiger partial charge in [-0.15, -0.1) is 0 Å². The first-order valence-electron chi connectivity index (χ1n) is 11.0. The van der Waals surface area contributed by atoms with Crippen molar-refractivity contribution in [2.75, 3.05) is 25.4 Å². The van der Waals surface area contributed by atoms with E-state index in [1.807, 2.05) is 48.5 Å². The molecule has 1 aliphatic rings. The summed E-state index contributed by atoms with van der Waals surface area (Å²) in [5, 5.41) is 8.54. The first kappa shape index (κ1) is 24.1. The van der Waals surface area contributed by atoms with Gasteiger partial charge in [0.25, 0.3) is 0 Å². The van der Waals surface area contributed by atoms with E-state index in [-0.39, 0.29) is 11.8 Å². The molecule has 174 valence electrons. The number of carbonyl (C=O) groups excluding carboxylic acids is 1. The van der Waals surface area contributed by atoms with E-state index in [9.17, 15) is 4.79 Å². The number of aromatic nitrogens is 2. The number of hydrogen-bond acceptors (Lipinski definition) is 6. The monoisotopic (exact) mass is 504 g/mol. The van der Waals surface area contributed by atoms with Crippen LogP contribution in [0.2, 0.25) is 10.0 Å². The summed E-state index contributed by atoms with van der Waals surface area (Å²) < 4.78 is 5.44. The molecular formula is C24H26Cl2N4O2S. The van der Waals surface area contributed by atoms with Gasteiger partial charge in [-0.2, -0.15) is 16.7 Å². The minimum absolute atomic E-state index is 0.0182. The zero-order chi connectivity index (χ0) is 23.0. The summed E-state index contributed by atoms with van der Waals surface area (Å²) in [6, 6.07) is 15.3. The number of amides is 1. The molecule has 3 aromatic rings. The van der Waals surface area contributed by atoms with Crippen molar-refractivity contribution >= 4 is 40.9 Å². The van der Waals surface area contributed by atoms with Crippen LogP contribution in [0.3, 0.4) is 0 Å². The van der Waals surface area contributed by atoms with Crippen LogP contribution in [0.4, 0.5) is 0 Å². The molecule has 0 bridgehead atoms. The van der Waals surface area contributed by atoms with E-state index < -0.39 is 0 Å². The van der Waals surface area contributed by atoms with Gasteiger partial charge >= 0.3 is 0 Å². The fraction of sp³-hybridized carbons (Fsp3) is 0.375. The fourth-order valence-corrected chi connectivity index (χ4v) is 4.96. The van der Waals surface area contributed by atoms with Crippen LogP contribution in [0.15, 0.2) is 53.1 Å². The van der Waals surface area contributed by atoms with Gasteiger partial charge in [0.2, 0.25) is 17.6 Å². The van der Waals surface area contributed by atoms with Gasteiger partial charge in [0.1, 0.15) is 0 Å². The highest BCUT2D eigenvalue weighted by Gasteiger charge is 2.26. The molecule has 33 heavy (non-hydrogen) atoms. The smallest absolute Gasteiger partial charge is 0.241 e. The lowest BCUT2D eigenvalue weighted by atomic mass is 9.97. The number of likely N-dealkylation sites (tertiary alicyclic amines) is 1. The van der Waals surface area contributed by atoms with Crippen molar-refractivity contribution in [1.82, 2.24) is 20.4 Å². The highest BCUT2D eigenvalue weighted by atomic mass is 35.5. The molecule has 1 aliphatic heterocycles. The van der Waals surface area contributed by atoms with Crippen LogP contribution >= 0.6 is 35.0 Å². The number of rotatable bonds is 9. The van der Waals surface area contributed by atoms with Gasteiger partial charge in [-0.1, -0.05) is 52.6 Å². The lowest BCUT2D eigenvalue weighted by Crippen LogP contribution is -2.43. The maximum absolute atomic E-state index is 12.7. The standard InChI is InChI=1S/C24H26Cl2N4O2S/c25-20-8-6-17(7-9-20)16-33-12-10-27-24(31)19-4-2-11-30(14-19)15-22-28-23(29-32-22)18-3-1-5-21(26)13-18/h1,3,5-9,13,19H,2,4,10-12,14-16H2,(H,27,31). The Kier molecular flexibility index (Phi) is 8.67. The molecule has 1 aromatic heterocycles. The Morgan fingerprint density at radius 1 is 1.18 bits per heavy atom. The third-order valence-corrected chi connectivity index (χ3v) is 7.03. The van der Waals surface area contributed by atoms with Crippen molar-refractivity contribution in [3.63, 3.8) is 0 Å². The van der Waals surface area contributed by atoms with E-state index >= 15 is 0 Å². The zero-order valence-corrected chi connectivity index (χ0v) is 20.5. The Morgan fingerprint density at radius 3 is 2.85 bits per heavy atom. The second kappa shape index (κ2) is 11.9. The molecule has 0 spiro atoms. The maximum Gasteiger partial charge on any atom is 0.241 e. The van der Waals surface area contributed by atoms with Crippen LogP contribution in [0.25, 0.3) is 11.4 Å². The molecule has 1 unspecified atom stereocenters. The Hall–Kier alpha value is -2.06. The average molecular weight is 505 g/mol. The van der Waals surface area contributed by atoms with E-state index in [2.05, 4.69) is 20.4 Å². The number of halogens is 2. The van der Waals surface area contributed by atoms with Crippen molar-refractivity contribution in [2.24, 2.45) is 5.92 Å². The fourth-order valence-electron chi connectivity index (χ4n) is 3.83. The van der Waals surface area contributed by atoms with Crippen molar-refractivity contribution in [1.29, 1.82) is 0 Å². The highest BCUT2D eigenvalue weighted by molar-refractivity contribution is 7.98. The van der Waals surface area contributed by atoms with Crippen LogP contribution in [-0.4, -0.2) is 46.3 Å². The number of piperidine rings is 1. The molecule has 1 N–H and O–H groups in total. The first-order valence-corrected chi connectivity index (χ1v) is 12.9. The third-order valence-electron chi connectivity index (χ3n) is 5.51. The SMILES string of the molecule is O=C(NCCSCc1ccc(Cl)cc1)C1CCCN(Cc2nc(-c3cccc(Cl)c3)no2)C1. The lowest BCUT2D eigenvalue weighted by molar-refractivity contribution is -0.126. The molecule has 1 amide bonds. The third kappa shape index (κ3) is 7.21. The second-order valence-corrected chi connectivity index (χ2v) is 10.0. The van der Waals surface area contributed by atoms with Gasteiger partial charge in [-0.25, -0.2) is 0 Å². The van der Waals surface area contributed by atoms with Crippen LogP contribution in [0.1, 0.15) is 24.3 Å². The molecule has 0 radical (unpaired) electrons. The molecule has 0 saturated carbocycles. The summed E-state index contributed by atoms with van der Waals surface area (Å²) in [5.41, 5.74) is 2.06. The molecule has 2 aromatic carbocycles. The lowest BCUT2D eigenvalue weighted by Gasteiger charge is -2.30. The van der Waals surface area contributed by atoms with Gasteiger partial charge in [-0.3, -0.25) is 9.69 Å². The summed E-state index contributed by atoms with van der Waals surface area (Å²) in [6.07, 6.45) is 1.87. The minimum Gasteiger partial charge on any atom is -0.355 e. The number of nitrogens with zero attached hydrogens (tertiary/aromatic N) is 3. The van der Waals surface area contributed by atoms with Crippen LogP contribution in [-0.2, 0) is 17.1 Å². The van der Waals surface area contributed by atoms with Gasteiger partial charge < -0.3 is 9.84 Å². The van der Waals surface area contributed by atoms with Gasteiger partial charge in [-0.05, 0) is 49.2 Å². The van der Waals surface area contributed by atoms with Crippen molar-refractivity contribution in [2.45, 2.75) is 25.1 Å². The zero-order valence-electron chi connectivity index (χ0n) is 18.2. The molecule has 4 rings (SSSR count). The number of carbonyl (C=O) groups is 1. The molecule has 0 aliphatic carbocycles. The Balaban J connectivity index is 1.19. The minimum atomic E-state index is -0.0182. The van der Waals surface area contributed by atoms with Gasteiger partial charge in [0.05, 0.1) is 12.5 Å². The Bertz CT molecular complexity index is 1060. The van der Waals surface area contributed by atoms with Gasteiger partial charge in [0, 0.05) is 40.2 Å². The van der Waals surface area contributed by atoms with Crippen LogP contribution in [0.5, 0.6) is 0 Å². The number of nitrogens with one attached hydrogen (secondary N) is 1. The van der Waals surface area contributed by atoms with Crippen molar-refractivity contribution in [3.05, 3.63) is 70.0 Å². The largest absolute Gasteiger partial charge is 0.355 e. The Morgan fingerprint density at radius 2 is 2.03 bits per heavy atom. The summed E-state index contributed by atoms with van der Waals surface area (Å²) >= 11 is 13.8. The van der Waals surface area contributed by atoms with Crippen LogP contribution < -0.4 is 5.32 Å². The summed E-state index contributed by atoms with van der Waals surface area (Å²) in [6.45, 7) is 2.81. The van der Waals surface area contributed by atoms with E-state index in [0.29, 0.717) is 36.4 Å². The number of benzene rings is 2. The molecule has 1 fully saturated rings. The molecule has 1 saturated heterocycles. The summed E-state index contributed by atoms with van der Waals surface area (Å²) in [4.78, 5) is 19.4. The molecular weight excluding hydrogens is 479 g/mol. The topological polar surface area (TPSA) is 71.3 Å². The molecule has 9 heteroatoms. The van der Waals surface area contributed by atoms with E-state index in [0.717, 1.165) is 41.5 Å². The number of thioether (sulfide) groups is 1. The predicted molar refractivity (Wildman–Crippen MR) is 133 cm³/mol. The average Bonchev–Trinajstić information content (AvgIpc) is 3.28. The summed E-state index contributed by atoms with van der Waals surface area (Å²) in [7, 11) is 0. The predicted octanol–water partition coefficient (Wildman–Crippen LogP) is 5.31. The van der Waals surface area contributed by atoms with E-state index in [1.54, 1.807) is 11.8 Å². The van der Waals surface area contributed by atoms with Crippen LogP contribution in [0, 0.1) is 5.92 Å². The highest BCUT2D eigenvalue weighted by Crippen LogP contribution is 2.22. The van der Waals surface area contributed by atoms with Gasteiger partial charge in [0.15, 0.2) is 0 Å². The normalized spacial score (nSPS) is 16.6. The van der Waals surface area contributed by atoms with Crippen molar-refractivity contribution in [3.8, 4) is 11.4 Å². The number of hydrogen-bond donors (Lipinski definition) is 1.